The molecule has 28 heavy (non-hydrogen) atoms. The van der Waals surface area contributed by atoms with E-state index in [-0.39, 0.29) is 17.3 Å². The first-order valence-electron chi connectivity index (χ1n) is 8.99. The third kappa shape index (κ3) is 6.31. The highest BCUT2D eigenvalue weighted by atomic mass is 32.2. The SMILES string of the molecule is O=C(CSc1n[nH]c(=O)n1Cc1ccccc1)NCCCSc1ccccc1. The third-order valence-corrected chi connectivity index (χ3v) is 5.97. The quantitative estimate of drug-likeness (QED) is 0.394. The molecule has 0 atom stereocenters. The predicted octanol–water partition coefficient (Wildman–Crippen LogP) is 3.01. The smallest absolute Gasteiger partial charge is 0.344 e. The average Bonchev–Trinajstić information content (AvgIpc) is 3.07. The molecule has 0 unspecified atom stereocenters. The Morgan fingerprint density at radius 1 is 1.04 bits per heavy atom. The number of carbonyl (C=O) groups excluding carboxylic acids is 1. The topological polar surface area (TPSA) is 79.8 Å². The van der Waals surface area contributed by atoms with Gasteiger partial charge in [0.2, 0.25) is 5.91 Å². The highest BCUT2D eigenvalue weighted by molar-refractivity contribution is 7.99. The van der Waals surface area contributed by atoms with E-state index < -0.39 is 0 Å². The molecule has 0 saturated heterocycles. The zero-order chi connectivity index (χ0) is 19.6. The molecule has 1 amide bonds. The van der Waals surface area contributed by atoms with Crippen molar-refractivity contribution >= 4 is 29.4 Å². The molecular formula is C20H22N4O2S2. The lowest BCUT2D eigenvalue weighted by molar-refractivity contribution is -0.118. The summed E-state index contributed by atoms with van der Waals surface area (Å²) in [6, 6.07) is 19.9. The van der Waals surface area contributed by atoms with Crippen LogP contribution in [0.1, 0.15) is 12.0 Å². The lowest BCUT2D eigenvalue weighted by atomic mass is 10.2. The van der Waals surface area contributed by atoms with Gasteiger partial charge in [0.05, 0.1) is 12.3 Å². The Morgan fingerprint density at radius 2 is 1.75 bits per heavy atom. The maximum absolute atomic E-state index is 12.1. The minimum Gasteiger partial charge on any atom is -0.355 e. The maximum Gasteiger partial charge on any atom is 0.344 e. The Bertz CT molecular complexity index is 926. The molecule has 2 N–H and O–H groups in total. The van der Waals surface area contributed by atoms with Crippen LogP contribution in [-0.2, 0) is 11.3 Å². The number of hydrogen-bond donors (Lipinski definition) is 2. The summed E-state index contributed by atoms with van der Waals surface area (Å²) in [4.78, 5) is 25.3. The first-order valence-corrected chi connectivity index (χ1v) is 11.0. The first-order chi connectivity index (χ1) is 13.7. The summed E-state index contributed by atoms with van der Waals surface area (Å²) in [5, 5.41) is 9.92. The van der Waals surface area contributed by atoms with Gasteiger partial charge in [-0.25, -0.2) is 9.89 Å². The van der Waals surface area contributed by atoms with Crippen LogP contribution in [0.25, 0.3) is 0 Å². The number of nitrogens with one attached hydrogen (secondary N) is 2. The van der Waals surface area contributed by atoms with Gasteiger partial charge in [0, 0.05) is 11.4 Å². The molecule has 0 aliphatic rings. The van der Waals surface area contributed by atoms with Gasteiger partial charge in [0.15, 0.2) is 5.16 Å². The summed E-state index contributed by atoms with van der Waals surface area (Å²) in [5.74, 6) is 1.12. The lowest BCUT2D eigenvalue weighted by Crippen LogP contribution is -2.26. The van der Waals surface area contributed by atoms with Crippen molar-refractivity contribution < 1.29 is 4.79 Å². The highest BCUT2D eigenvalue weighted by Crippen LogP contribution is 2.17. The van der Waals surface area contributed by atoms with Crippen LogP contribution >= 0.6 is 23.5 Å². The van der Waals surface area contributed by atoms with E-state index in [1.54, 1.807) is 16.3 Å². The van der Waals surface area contributed by atoms with E-state index in [1.165, 1.54) is 16.7 Å². The summed E-state index contributed by atoms with van der Waals surface area (Å²) in [5.41, 5.74) is 0.734. The van der Waals surface area contributed by atoms with E-state index in [2.05, 4.69) is 27.6 Å². The van der Waals surface area contributed by atoms with Crippen LogP contribution in [0.5, 0.6) is 0 Å². The average molecular weight is 415 g/mol. The third-order valence-electron chi connectivity index (χ3n) is 3.89. The monoisotopic (exact) mass is 414 g/mol. The van der Waals surface area contributed by atoms with Crippen LogP contribution in [0.15, 0.2) is 75.5 Å². The van der Waals surface area contributed by atoms with Gasteiger partial charge in [0.25, 0.3) is 0 Å². The molecule has 2 aromatic carbocycles. The molecule has 0 aliphatic carbocycles. The standard InChI is InChI=1S/C20H22N4O2S2/c25-18(21-12-7-13-27-17-10-5-2-6-11-17)15-28-20-23-22-19(26)24(20)14-16-8-3-1-4-9-16/h1-6,8-11H,7,12-15H2,(H,21,25)(H,22,26). The highest BCUT2D eigenvalue weighted by Gasteiger charge is 2.11. The summed E-state index contributed by atoms with van der Waals surface area (Å²) in [7, 11) is 0. The molecule has 0 saturated carbocycles. The van der Waals surface area contributed by atoms with Gasteiger partial charge in [-0.3, -0.25) is 9.36 Å². The first kappa shape index (κ1) is 20.3. The molecule has 0 radical (unpaired) electrons. The number of benzene rings is 2. The number of carbonyl (C=O) groups is 1. The molecule has 1 heterocycles. The minimum atomic E-state index is -0.273. The molecule has 0 bridgehead atoms. The van der Waals surface area contributed by atoms with Gasteiger partial charge in [-0.05, 0) is 29.9 Å². The number of rotatable bonds is 10. The van der Waals surface area contributed by atoms with Crippen molar-refractivity contribution in [3.63, 3.8) is 0 Å². The summed E-state index contributed by atoms with van der Waals surface area (Å²) < 4.78 is 1.55. The Morgan fingerprint density at radius 3 is 2.50 bits per heavy atom. The summed E-state index contributed by atoms with van der Waals surface area (Å²) in [6.07, 6.45) is 0.900. The van der Waals surface area contributed by atoms with E-state index in [0.717, 1.165) is 17.7 Å². The van der Waals surface area contributed by atoms with Gasteiger partial charge in [0.1, 0.15) is 0 Å². The normalized spacial score (nSPS) is 10.7. The summed E-state index contributed by atoms with van der Waals surface area (Å²) >= 11 is 3.04. The van der Waals surface area contributed by atoms with Crippen LogP contribution in [0, 0.1) is 0 Å². The molecule has 3 aromatic rings. The number of H-pyrrole nitrogens is 1. The van der Waals surface area contributed by atoms with Crippen molar-refractivity contribution in [1.29, 1.82) is 0 Å². The Labute approximate surface area is 172 Å². The number of hydrogen-bond acceptors (Lipinski definition) is 5. The van der Waals surface area contributed by atoms with E-state index in [9.17, 15) is 9.59 Å². The van der Waals surface area contributed by atoms with E-state index in [4.69, 9.17) is 0 Å². The lowest BCUT2D eigenvalue weighted by Gasteiger charge is -2.07. The Balaban J connectivity index is 1.39. The second kappa shape index (κ2) is 10.8. The van der Waals surface area contributed by atoms with Crippen molar-refractivity contribution in [2.24, 2.45) is 0 Å². The Kier molecular flexibility index (Phi) is 7.81. The van der Waals surface area contributed by atoms with Crippen molar-refractivity contribution in [3.05, 3.63) is 76.7 Å². The van der Waals surface area contributed by atoms with Crippen molar-refractivity contribution in [3.8, 4) is 0 Å². The van der Waals surface area contributed by atoms with Crippen molar-refractivity contribution in [1.82, 2.24) is 20.1 Å². The fourth-order valence-corrected chi connectivity index (χ4v) is 4.16. The van der Waals surface area contributed by atoms with E-state index >= 15 is 0 Å². The fraction of sp³-hybridized carbons (Fsp3) is 0.250. The molecule has 0 spiro atoms. The van der Waals surface area contributed by atoms with E-state index in [0.29, 0.717) is 18.2 Å². The minimum absolute atomic E-state index is 0.0589. The maximum atomic E-state index is 12.1. The Hall–Kier alpha value is -2.45. The number of nitrogens with zero attached hydrogens (tertiary/aromatic N) is 2. The van der Waals surface area contributed by atoms with Crippen molar-refractivity contribution in [2.75, 3.05) is 18.1 Å². The van der Waals surface area contributed by atoms with Crippen LogP contribution in [-0.4, -0.2) is 38.7 Å². The van der Waals surface area contributed by atoms with Gasteiger partial charge in [-0.1, -0.05) is 60.3 Å². The molecule has 1 aromatic heterocycles. The van der Waals surface area contributed by atoms with Gasteiger partial charge < -0.3 is 5.32 Å². The second-order valence-electron chi connectivity index (χ2n) is 6.04. The zero-order valence-corrected chi connectivity index (χ0v) is 17.0. The van der Waals surface area contributed by atoms with Crippen LogP contribution in [0.2, 0.25) is 0 Å². The van der Waals surface area contributed by atoms with Crippen LogP contribution < -0.4 is 11.0 Å². The molecule has 0 aliphatic heterocycles. The van der Waals surface area contributed by atoms with Crippen molar-refractivity contribution in [2.45, 2.75) is 23.0 Å². The number of aromatic nitrogens is 3. The molecular weight excluding hydrogens is 392 g/mol. The summed E-state index contributed by atoms with van der Waals surface area (Å²) in [6.45, 7) is 1.06. The second-order valence-corrected chi connectivity index (χ2v) is 8.15. The number of aromatic amines is 1. The molecule has 8 heteroatoms. The largest absolute Gasteiger partial charge is 0.355 e. The zero-order valence-electron chi connectivity index (χ0n) is 15.3. The van der Waals surface area contributed by atoms with Crippen LogP contribution in [0.4, 0.5) is 0 Å². The van der Waals surface area contributed by atoms with Crippen LogP contribution in [0.3, 0.4) is 0 Å². The van der Waals surface area contributed by atoms with E-state index in [1.807, 2.05) is 48.5 Å². The number of amides is 1. The molecule has 0 fully saturated rings. The number of thioether (sulfide) groups is 2. The molecule has 3 rings (SSSR count). The van der Waals surface area contributed by atoms with Gasteiger partial charge in [-0.2, -0.15) is 0 Å². The molecule has 146 valence electrons. The van der Waals surface area contributed by atoms with Gasteiger partial charge >= 0.3 is 5.69 Å². The predicted molar refractivity (Wildman–Crippen MR) is 114 cm³/mol. The fourth-order valence-electron chi connectivity index (χ4n) is 2.51. The molecule has 6 nitrogen and oxygen atoms in total. The van der Waals surface area contributed by atoms with Gasteiger partial charge in [-0.15, -0.1) is 16.9 Å².